The Morgan fingerprint density at radius 1 is 1.50 bits per heavy atom. The van der Waals surface area contributed by atoms with E-state index in [0.717, 1.165) is 11.3 Å². The molecule has 0 radical (unpaired) electrons. The van der Waals surface area contributed by atoms with Crippen LogP contribution in [0.5, 0.6) is 0 Å². The Bertz CT molecular complexity index is 396. The molecule has 2 N–H and O–H groups in total. The summed E-state index contributed by atoms with van der Waals surface area (Å²) in [7, 11) is 0. The van der Waals surface area contributed by atoms with E-state index in [1.807, 2.05) is 13.0 Å². The van der Waals surface area contributed by atoms with Gasteiger partial charge in [0, 0.05) is 18.1 Å². The van der Waals surface area contributed by atoms with Gasteiger partial charge in [-0.05, 0) is 18.6 Å². The molecule has 0 bridgehead atoms. The molecule has 2 aromatic heterocycles. The van der Waals surface area contributed by atoms with Crippen molar-refractivity contribution >= 4 is 5.69 Å². The molecule has 0 aliphatic heterocycles. The molecule has 0 amide bonds. The fraction of sp³-hybridized carbons (Fsp3) is 0.250. The molecule has 0 fully saturated rings. The summed E-state index contributed by atoms with van der Waals surface area (Å²) in [5, 5.41) is 16.7. The first-order valence-corrected chi connectivity index (χ1v) is 4.23. The number of nitrogens with zero attached hydrogens (tertiary/aromatic N) is 4. The Kier molecular flexibility index (Phi) is 2.35. The third-order valence-electron chi connectivity index (χ3n) is 1.85. The van der Waals surface area contributed by atoms with Gasteiger partial charge in [0.1, 0.15) is 0 Å². The molecule has 2 aromatic rings. The third-order valence-corrected chi connectivity index (χ3v) is 1.85. The van der Waals surface area contributed by atoms with Gasteiger partial charge in [-0.1, -0.05) is 5.21 Å². The van der Waals surface area contributed by atoms with Gasteiger partial charge >= 0.3 is 0 Å². The molecular weight excluding hydrogens is 180 g/mol. The normalized spacial score (nSPS) is 10.1. The number of hydrogen-bond donors (Lipinski definition) is 2. The molecular formula is C8H10N6. The molecule has 0 aliphatic rings. The molecule has 14 heavy (non-hydrogen) atoms. The molecule has 0 aromatic carbocycles. The number of aromatic amines is 1. The molecule has 2 rings (SSSR count). The lowest BCUT2D eigenvalue weighted by molar-refractivity contribution is 0.881. The van der Waals surface area contributed by atoms with Crippen LogP contribution >= 0.6 is 0 Å². The first kappa shape index (κ1) is 8.61. The van der Waals surface area contributed by atoms with Gasteiger partial charge in [0.2, 0.25) is 0 Å². The second-order valence-corrected chi connectivity index (χ2v) is 2.87. The largest absolute Gasteiger partial charge is 0.377 e. The van der Waals surface area contributed by atoms with Crippen LogP contribution in [0, 0.1) is 6.92 Å². The van der Waals surface area contributed by atoms with Crippen molar-refractivity contribution in [2.75, 3.05) is 5.32 Å². The average molecular weight is 190 g/mol. The average Bonchev–Trinajstić information content (AvgIpc) is 2.69. The third kappa shape index (κ3) is 1.85. The Morgan fingerprint density at radius 3 is 3.14 bits per heavy atom. The number of aryl methyl sites for hydroxylation is 1. The molecule has 6 heteroatoms. The van der Waals surface area contributed by atoms with Gasteiger partial charge in [0.05, 0.1) is 6.54 Å². The van der Waals surface area contributed by atoms with Crippen LogP contribution in [0.15, 0.2) is 18.5 Å². The molecule has 0 unspecified atom stereocenters. The molecule has 2 heterocycles. The molecule has 0 saturated carbocycles. The molecule has 72 valence electrons. The molecule has 0 saturated heterocycles. The van der Waals surface area contributed by atoms with Gasteiger partial charge in [-0.15, -0.1) is 10.2 Å². The number of nitrogens with one attached hydrogen (secondary N) is 2. The van der Waals surface area contributed by atoms with Crippen molar-refractivity contribution in [2.45, 2.75) is 13.5 Å². The molecule has 0 spiro atoms. The summed E-state index contributed by atoms with van der Waals surface area (Å²) in [5.41, 5.74) is 2.13. The number of anilines is 1. The van der Waals surface area contributed by atoms with Gasteiger partial charge in [-0.25, -0.2) is 0 Å². The Labute approximate surface area is 80.8 Å². The van der Waals surface area contributed by atoms with Gasteiger partial charge in [-0.2, -0.15) is 5.21 Å². The highest BCUT2D eigenvalue weighted by molar-refractivity contribution is 5.48. The van der Waals surface area contributed by atoms with Gasteiger partial charge in [-0.3, -0.25) is 4.98 Å². The van der Waals surface area contributed by atoms with Crippen molar-refractivity contribution in [3.8, 4) is 0 Å². The van der Waals surface area contributed by atoms with Crippen LogP contribution in [0.1, 0.15) is 11.4 Å². The van der Waals surface area contributed by atoms with Gasteiger partial charge in [0.25, 0.3) is 0 Å². The zero-order valence-corrected chi connectivity index (χ0v) is 7.73. The predicted molar refractivity (Wildman–Crippen MR) is 50.5 cm³/mol. The summed E-state index contributed by atoms with van der Waals surface area (Å²) in [5.74, 6) is 0.640. The van der Waals surface area contributed by atoms with E-state index < -0.39 is 0 Å². The summed E-state index contributed by atoms with van der Waals surface area (Å²) in [6.45, 7) is 2.55. The van der Waals surface area contributed by atoms with Crippen molar-refractivity contribution < 1.29 is 0 Å². The SMILES string of the molecule is Cc1cnccc1NCc1nn[nH]n1. The van der Waals surface area contributed by atoms with Gasteiger partial charge in [0.15, 0.2) is 5.82 Å². The summed E-state index contributed by atoms with van der Waals surface area (Å²) >= 11 is 0. The maximum Gasteiger partial charge on any atom is 0.193 e. The lowest BCUT2D eigenvalue weighted by atomic mass is 10.2. The number of pyridine rings is 1. The van der Waals surface area contributed by atoms with Crippen molar-refractivity contribution in [3.05, 3.63) is 29.8 Å². The first-order chi connectivity index (χ1) is 6.86. The van der Waals surface area contributed by atoms with Crippen LogP contribution in [0.2, 0.25) is 0 Å². The maximum absolute atomic E-state index is 4.00. The minimum absolute atomic E-state index is 0.557. The van der Waals surface area contributed by atoms with Crippen LogP contribution in [0.4, 0.5) is 5.69 Å². The minimum atomic E-state index is 0.557. The maximum atomic E-state index is 4.00. The fourth-order valence-corrected chi connectivity index (χ4v) is 1.10. The quantitative estimate of drug-likeness (QED) is 0.737. The Hall–Kier alpha value is -1.98. The standard InChI is InChI=1S/C8H10N6/c1-6-4-9-3-2-7(6)10-5-8-11-13-14-12-8/h2-4H,5H2,1H3,(H,9,10)(H,11,12,13,14). The number of aromatic nitrogens is 5. The van der Waals surface area contributed by atoms with Crippen LogP contribution in [-0.4, -0.2) is 25.6 Å². The van der Waals surface area contributed by atoms with Crippen molar-refractivity contribution in [1.82, 2.24) is 25.6 Å². The zero-order chi connectivity index (χ0) is 9.80. The van der Waals surface area contributed by atoms with E-state index in [0.29, 0.717) is 12.4 Å². The molecule has 0 aliphatic carbocycles. The van der Waals surface area contributed by atoms with E-state index in [1.165, 1.54) is 0 Å². The summed E-state index contributed by atoms with van der Waals surface area (Å²) in [6.07, 6.45) is 3.55. The lowest BCUT2D eigenvalue weighted by Gasteiger charge is -2.05. The number of hydrogen-bond acceptors (Lipinski definition) is 5. The Morgan fingerprint density at radius 2 is 2.43 bits per heavy atom. The monoisotopic (exact) mass is 190 g/mol. The summed E-state index contributed by atoms with van der Waals surface area (Å²) < 4.78 is 0. The summed E-state index contributed by atoms with van der Waals surface area (Å²) in [4.78, 5) is 4.00. The zero-order valence-electron chi connectivity index (χ0n) is 7.73. The van der Waals surface area contributed by atoms with Crippen LogP contribution in [0.25, 0.3) is 0 Å². The first-order valence-electron chi connectivity index (χ1n) is 4.23. The molecule has 0 atom stereocenters. The predicted octanol–water partition coefficient (Wildman–Crippen LogP) is 0.515. The van der Waals surface area contributed by atoms with E-state index in [9.17, 15) is 0 Å². The highest BCUT2D eigenvalue weighted by Crippen LogP contribution is 2.11. The lowest BCUT2D eigenvalue weighted by Crippen LogP contribution is -2.02. The van der Waals surface area contributed by atoms with Crippen LogP contribution < -0.4 is 5.32 Å². The number of tetrazole rings is 1. The van der Waals surface area contributed by atoms with E-state index >= 15 is 0 Å². The van der Waals surface area contributed by atoms with Crippen molar-refractivity contribution in [3.63, 3.8) is 0 Å². The van der Waals surface area contributed by atoms with Crippen molar-refractivity contribution in [2.24, 2.45) is 0 Å². The fourth-order valence-electron chi connectivity index (χ4n) is 1.10. The van der Waals surface area contributed by atoms with Gasteiger partial charge < -0.3 is 5.32 Å². The number of H-pyrrole nitrogens is 1. The highest BCUT2D eigenvalue weighted by atomic mass is 15.5. The van der Waals surface area contributed by atoms with Crippen LogP contribution in [0.3, 0.4) is 0 Å². The number of rotatable bonds is 3. The van der Waals surface area contributed by atoms with E-state index in [1.54, 1.807) is 12.4 Å². The topological polar surface area (TPSA) is 79.4 Å². The Balaban J connectivity index is 2.02. The summed E-state index contributed by atoms with van der Waals surface area (Å²) in [6, 6.07) is 1.91. The van der Waals surface area contributed by atoms with E-state index in [2.05, 4.69) is 30.9 Å². The highest BCUT2D eigenvalue weighted by Gasteiger charge is 1.99. The van der Waals surface area contributed by atoms with E-state index in [-0.39, 0.29) is 0 Å². The molecule has 6 nitrogen and oxygen atoms in total. The van der Waals surface area contributed by atoms with Crippen molar-refractivity contribution in [1.29, 1.82) is 0 Å². The minimum Gasteiger partial charge on any atom is -0.377 e. The smallest absolute Gasteiger partial charge is 0.193 e. The second kappa shape index (κ2) is 3.82. The van der Waals surface area contributed by atoms with E-state index in [4.69, 9.17) is 0 Å². The van der Waals surface area contributed by atoms with Crippen LogP contribution in [-0.2, 0) is 6.54 Å². The second-order valence-electron chi connectivity index (χ2n) is 2.87.